The van der Waals surface area contributed by atoms with Crippen LogP contribution in [0, 0.1) is 0 Å². The Labute approximate surface area is 175 Å². The normalized spacial score (nSPS) is 18.7. The molecule has 2 aliphatic rings. The SMILES string of the molecule is O=C(c1cnc2c(c1)ncn2Cc1cccnc1)N1CCC(N2CCOCC2)CC1. The number of nitrogens with zero attached hydrogens (tertiary/aromatic N) is 6. The van der Waals surface area contributed by atoms with Crippen molar-refractivity contribution in [2.24, 2.45) is 0 Å². The maximum atomic E-state index is 13.0. The van der Waals surface area contributed by atoms with Crippen molar-refractivity contribution in [3.8, 4) is 0 Å². The first-order valence-corrected chi connectivity index (χ1v) is 10.6. The van der Waals surface area contributed by atoms with Gasteiger partial charge in [0.15, 0.2) is 5.65 Å². The fraction of sp³-hybridized carbons (Fsp3) is 0.455. The third-order valence-corrected chi connectivity index (χ3v) is 6.09. The molecular weight excluding hydrogens is 380 g/mol. The second-order valence-electron chi connectivity index (χ2n) is 7.97. The van der Waals surface area contributed by atoms with Crippen molar-refractivity contribution in [3.63, 3.8) is 0 Å². The highest BCUT2D eigenvalue weighted by atomic mass is 16.5. The molecule has 0 N–H and O–H groups in total. The van der Waals surface area contributed by atoms with Crippen LogP contribution in [0.1, 0.15) is 28.8 Å². The predicted octanol–water partition coefficient (Wildman–Crippen LogP) is 1.81. The zero-order valence-electron chi connectivity index (χ0n) is 17.0. The maximum Gasteiger partial charge on any atom is 0.255 e. The van der Waals surface area contributed by atoms with E-state index in [1.54, 1.807) is 18.7 Å². The Morgan fingerprint density at radius 3 is 2.70 bits per heavy atom. The summed E-state index contributed by atoms with van der Waals surface area (Å²) in [5.41, 5.74) is 3.22. The lowest BCUT2D eigenvalue weighted by Crippen LogP contribution is -2.50. The Kier molecular flexibility index (Phi) is 5.42. The van der Waals surface area contributed by atoms with E-state index in [4.69, 9.17) is 4.74 Å². The van der Waals surface area contributed by atoms with E-state index in [9.17, 15) is 4.79 Å². The van der Waals surface area contributed by atoms with Gasteiger partial charge in [-0.15, -0.1) is 0 Å². The number of pyridine rings is 2. The first kappa shape index (κ1) is 19.1. The van der Waals surface area contributed by atoms with E-state index in [0.29, 0.717) is 18.2 Å². The third kappa shape index (κ3) is 3.93. The maximum absolute atomic E-state index is 13.0. The molecule has 8 nitrogen and oxygen atoms in total. The van der Waals surface area contributed by atoms with Crippen LogP contribution in [0.2, 0.25) is 0 Å². The van der Waals surface area contributed by atoms with Crippen LogP contribution in [0.4, 0.5) is 0 Å². The molecule has 0 atom stereocenters. The van der Waals surface area contributed by atoms with Crippen molar-refractivity contribution in [1.29, 1.82) is 0 Å². The van der Waals surface area contributed by atoms with E-state index in [2.05, 4.69) is 19.9 Å². The van der Waals surface area contributed by atoms with Crippen LogP contribution in [0.3, 0.4) is 0 Å². The topological polar surface area (TPSA) is 76.4 Å². The molecule has 0 spiro atoms. The summed E-state index contributed by atoms with van der Waals surface area (Å²) in [5, 5.41) is 0. The Balaban J connectivity index is 1.25. The summed E-state index contributed by atoms with van der Waals surface area (Å²) in [6.07, 6.45) is 9.08. The Morgan fingerprint density at radius 2 is 1.93 bits per heavy atom. The van der Waals surface area contributed by atoms with E-state index < -0.39 is 0 Å². The summed E-state index contributed by atoms with van der Waals surface area (Å²) >= 11 is 0. The van der Waals surface area contributed by atoms with Crippen molar-refractivity contribution in [2.45, 2.75) is 25.4 Å². The van der Waals surface area contributed by atoms with Crippen molar-refractivity contribution in [1.82, 2.24) is 29.3 Å². The van der Waals surface area contributed by atoms with E-state index in [1.165, 1.54) is 0 Å². The van der Waals surface area contributed by atoms with Crippen LogP contribution in [-0.2, 0) is 11.3 Å². The Hall–Kier alpha value is -2.84. The van der Waals surface area contributed by atoms with Gasteiger partial charge in [-0.1, -0.05) is 6.07 Å². The molecule has 0 bridgehead atoms. The van der Waals surface area contributed by atoms with Gasteiger partial charge >= 0.3 is 0 Å². The number of piperidine rings is 1. The molecule has 0 aliphatic carbocycles. The molecule has 2 fully saturated rings. The van der Waals surface area contributed by atoms with Crippen LogP contribution in [-0.4, -0.2) is 80.7 Å². The quantitative estimate of drug-likeness (QED) is 0.658. The summed E-state index contributed by atoms with van der Waals surface area (Å²) in [7, 11) is 0. The highest BCUT2D eigenvalue weighted by Gasteiger charge is 2.28. The molecule has 3 aromatic heterocycles. The molecule has 2 saturated heterocycles. The summed E-state index contributed by atoms with van der Waals surface area (Å²) in [6.45, 7) is 5.86. The molecule has 0 unspecified atom stereocenters. The number of carbonyl (C=O) groups excluding carboxylic acids is 1. The number of hydrogen-bond acceptors (Lipinski definition) is 6. The monoisotopic (exact) mass is 406 g/mol. The number of imidazole rings is 1. The highest BCUT2D eigenvalue weighted by molar-refractivity contribution is 5.96. The van der Waals surface area contributed by atoms with Gasteiger partial charge in [-0.2, -0.15) is 0 Å². The van der Waals surface area contributed by atoms with Gasteiger partial charge in [-0.25, -0.2) is 9.97 Å². The van der Waals surface area contributed by atoms with Crippen molar-refractivity contribution in [2.75, 3.05) is 39.4 Å². The second-order valence-corrected chi connectivity index (χ2v) is 7.97. The molecule has 156 valence electrons. The number of hydrogen-bond donors (Lipinski definition) is 0. The van der Waals surface area contributed by atoms with Gasteiger partial charge in [0.25, 0.3) is 5.91 Å². The second kappa shape index (κ2) is 8.49. The van der Waals surface area contributed by atoms with Crippen molar-refractivity contribution >= 4 is 17.1 Å². The first-order valence-electron chi connectivity index (χ1n) is 10.6. The lowest BCUT2D eigenvalue weighted by Gasteiger charge is -2.40. The minimum atomic E-state index is 0.0478. The highest BCUT2D eigenvalue weighted by Crippen LogP contribution is 2.21. The molecular formula is C22H26N6O2. The van der Waals surface area contributed by atoms with Gasteiger partial charge in [0.2, 0.25) is 0 Å². The molecule has 0 radical (unpaired) electrons. The van der Waals surface area contributed by atoms with Crippen LogP contribution in [0.15, 0.2) is 43.1 Å². The van der Waals surface area contributed by atoms with Crippen molar-refractivity contribution < 1.29 is 9.53 Å². The van der Waals surface area contributed by atoms with Crippen LogP contribution in [0.5, 0.6) is 0 Å². The van der Waals surface area contributed by atoms with Gasteiger partial charge < -0.3 is 14.2 Å². The fourth-order valence-corrected chi connectivity index (χ4v) is 4.43. The number of rotatable bonds is 4. The van der Waals surface area contributed by atoms with E-state index in [1.807, 2.05) is 33.9 Å². The standard InChI is InChI=1S/C22H26N6O2/c29-22(27-6-3-19(4-7-27)26-8-10-30-11-9-26)18-12-20-21(24-14-18)28(16-25-20)15-17-2-1-5-23-13-17/h1-2,5,12-14,16,19H,3-4,6-11,15H2. The molecule has 5 heterocycles. The Morgan fingerprint density at radius 1 is 1.10 bits per heavy atom. The molecule has 3 aromatic rings. The number of amides is 1. The minimum absolute atomic E-state index is 0.0478. The van der Waals surface area contributed by atoms with Crippen LogP contribution >= 0.6 is 0 Å². The van der Waals surface area contributed by atoms with E-state index in [-0.39, 0.29) is 5.91 Å². The number of carbonyl (C=O) groups is 1. The summed E-state index contributed by atoms with van der Waals surface area (Å²) in [5.74, 6) is 0.0478. The molecule has 8 heteroatoms. The summed E-state index contributed by atoms with van der Waals surface area (Å²) < 4.78 is 7.43. The number of aromatic nitrogens is 4. The molecule has 0 saturated carbocycles. The van der Waals surface area contributed by atoms with E-state index in [0.717, 1.165) is 69.0 Å². The van der Waals surface area contributed by atoms with Crippen LogP contribution < -0.4 is 0 Å². The van der Waals surface area contributed by atoms with Gasteiger partial charge in [0.1, 0.15) is 5.52 Å². The minimum Gasteiger partial charge on any atom is -0.379 e. The number of morpholine rings is 1. The largest absolute Gasteiger partial charge is 0.379 e. The Bertz CT molecular complexity index is 1010. The van der Waals surface area contributed by atoms with Crippen molar-refractivity contribution in [3.05, 3.63) is 54.2 Å². The number of likely N-dealkylation sites (tertiary alicyclic amines) is 1. The fourth-order valence-electron chi connectivity index (χ4n) is 4.43. The van der Waals surface area contributed by atoms with Gasteiger partial charge in [-0.05, 0) is 30.5 Å². The van der Waals surface area contributed by atoms with E-state index >= 15 is 0 Å². The number of ether oxygens (including phenoxy) is 1. The molecule has 1 amide bonds. The van der Waals surface area contributed by atoms with Gasteiger partial charge in [0, 0.05) is 50.8 Å². The van der Waals surface area contributed by atoms with Crippen LogP contribution in [0.25, 0.3) is 11.2 Å². The first-order chi connectivity index (χ1) is 14.8. The smallest absolute Gasteiger partial charge is 0.255 e. The molecule has 5 rings (SSSR count). The van der Waals surface area contributed by atoms with Gasteiger partial charge in [-0.3, -0.25) is 14.7 Å². The predicted molar refractivity (Wildman–Crippen MR) is 112 cm³/mol. The summed E-state index contributed by atoms with van der Waals surface area (Å²) in [6, 6.07) is 6.36. The average Bonchev–Trinajstić information content (AvgIpc) is 3.22. The zero-order chi connectivity index (χ0) is 20.3. The summed E-state index contributed by atoms with van der Waals surface area (Å²) in [4.78, 5) is 30.7. The third-order valence-electron chi connectivity index (χ3n) is 6.09. The number of fused-ring (bicyclic) bond motifs is 1. The molecule has 2 aliphatic heterocycles. The molecule has 30 heavy (non-hydrogen) atoms. The molecule has 0 aromatic carbocycles. The zero-order valence-corrected chi connectivity index (χ0v) is 17.0. The lowest BCUT2D eigenvalue weighted by atomic mass is 10.0. The average molecular weight is 406 g/mol. The lowest BCUT2D eigenvalue weighted by molar-refractivity contribution is 0.00158. The van der Waals surface area contributed by atoms with Gasteiger partial charge in [0.05, 0.1) is 31.6 Å².